The fourth-order valence-corrected chi connectivity index (χ4v) is 3.55. The van der Waals surface area contributed by atoms with E-state index in [1.54, 1.807) is 12.3 Å². The first kappa shape index (κ1) is 17.1. The second-order valence-corrected chi connectivity index (χ2v) is 6.59. The lowest BCUT2D eigenvalue weighted by atomic mass is 9.98. The Hall–Kier alpha value is -2.37. The van der Waals surface area contributed by atoms with Gasteiger partial charge < -0.3 is 4.74 Å². The average Bonchev–Trinajstić information content (AvgIpc) is 2.68. The second-order valence-electron chi connectivity index (χ2n) is 6.59. The van der Waals surface area contributed by atoms with Crippen LogP contribution in [0, 0.1) is 11.6 Å². The number of nitrogens with zero attached hydrogens (tertiary/aromatic N) is 2. The molecular formula is C21H20F2N2O. The summed E-state index contributed by atoms with van der Waals surface area (Å²) in [6, 6.07) is 12.5. The second kappa shape index (κ2) is 7.09. The van der Waals surface area contributed by atoms with Crippen molar-refractivity contribution >= 4 is 10.9 Å². The van der Waals surface area contributed by atoms with Gasteiger partial charge in [-0.3, -0.25) is 9.88 Å². The van der Waals surface area contributed by atoms with Gasteiger partial charge in [-0.1, -0.05) is 24.3 Å². The molecule has 0 amide bonds. The predicted octanol–water partition coefficient (Wildman–Crippen LogP) is 4.57. The van der Waals surface area contributed by atoms with Crippen molar-refractivity contribution in [2.75, 3.05) is 26.3 Å². The molecule has 1 saturated heterocycles. The molecule has 134 valence electrons. The van der Waals surface area contributed by atoms with E-state index in [0.717, 1.165) is 43.5 Å². The van der Waals surface area contributed by atoms with E-state index < -0.39 is 11.6 Å². The molecule has 1 aliphatic heterocycles. The first-order chi connectivity index (χ1) is 12.6. The third kappa shape index (κ3) is 3.20. The number of fused-ring (bicyclic) bond motifs is 1. The zero-order chi connectivity index (χ0) is 18.1. The largest absolute Gasteiger partial charge is 0.379 e. The number of aromatic nitrogens is 1. The summed E-state index contributed by atoms with van der Waals surface area (Å²) in [6.45, 7) is 5.57. The van der Waals surface area contributed by atoms with Crippen LogP contribution in [0.25, 0.3) is 22.0 Å². The molecule has 2 aromatic carbocycles. The maximum Gasteiger partial charge on any atom is 0.152 e. The van der Waals surface area contributed by atoms with Crippen molar-refractivity contribution in [3.8, 4) is 11.1 Å². The quantitative estimate of drug-likeness (QED) is 0.689. The molecule has 3 nitrogen and oxygen atoms in total. The molecule has 1 aliphatic rings. The predicted molar refractivity (Wildman–Crippen MR) is 97.9 cm³/mol. The smallest absolute Gasteiger partial charge is 0.152 e. The molecule has 3 aromatic rings. The van der Waals surface area contributed by atoms with Crippen molar-refractivity contribution in [1.82, 2.24) is 9.88 Å². The highest BCUT2D eigenvalue weighted by Gasteiger charge is 2.18. The van der Waals surface area contributed by atoms with Crippen LogP contribution in [0.1, 0.15) is 18.5 Å². The van der Waals surface area contributed by atoms with Crippen LogP contribution in [0.15, 0.2) is 48.7 Å². The number of ether oxygens (including phenoxy) is 1. The minimum Gasteiger partial charge on any atom is -0.379 e. The van der Waals surface area contributed by atoms with Gasteiger partial charge in [0, 0.05) is 36.8 Å². The van der Waals surface area contributed by atoms with Crippen LogP contribution in [-0.2, 0) is 4.74 Å². The van der Waals surface area contributed by atoms with E-state index in [2.05, 4.69) is 28.9 Å². The lowest BCUT2D eigenvalue weighted by molar-refractivity contribution is 0.0198. The molecule has 0 N–H and O–H groups in total. The molecule has 0 radical (unpaired) electrons. The van der Waals surface area contributed by atoms with Crippen molar-refractivity contribution in [1.29, 1.82) is 0 Å². The minimum atomic E-state index is -0.639. The number of hydrogen-bond donors (Lipinski definition) is 0. The van der Waals surface area contributed by atoms with Gasteiger partial charge in [-0.05, 0) is 35.7 Å². The van der Waals surface area contributed by atoms with E-state index in [0.29, 0.717) is 11.4 Å². The molecular weight excluding hydrogens is 334 g/mol. The summed E-state index contributed by atoms with van der Waals surface area (Å²) >= 11 is 0. The van der Waals surface area contributed by atoms with E-state index in [1.165, 1.54) is 11.6 Å². The molecule has 1 fully saturated rings. The number of pyridine rings is 1. The summed E-state index contributed by atoms with van der Waals surface area (Å²) in [6.07, 6.45) is 1.56. The zero-order valence-corrected chi connectivity index (χ0v) is 14.6. The van der Waals surface area contributed by atoms with E-state index in [9.17, 15) is 8.78 Å². The van der Waals surface area contributed by atoms with Crippen LogP contribution in [-0.4, -0.2) is 36.2 Å². The number of hydrogen-bond acceptors (Lipinski definition) is 3. The Balaban J connectivity index is 1.68. The van der Waals surface area contributed by atoms with Crippen molar-refractivity contribution in [3.05, 3.63) is 65.9 Å². The monoisotopic (exact) mass is 354 g/mol. The highest BCUT2D eigenvalue weighted by Crippen LogP contribution is 2.31. The average molecular weight is 354 g/mol. The lowest BCUT2D eigenvalue weighted by Gasteiger charge is -2.32. The molecule has 0 saturated carbocycles. The van der Waals surface area contributed by atoms with E-state index in [1.807, 2.05) is 12.1 Å². The van der Waals surface area contributed by atoms with Crippen LogP contribution in [0.2, 0.25) is 0 Å². The van der Waals surface area contributed by atoms with E-state index >= 15 is 0 Å². The SMILES string of the molecule is CC(c1ccc(-c2ccnc3c(F)cc(F)cc23)cc1)N1CCOCC1. The van der Waals surface area contributed by atoms with Gasteiger partial charge in [0.15, 0.2) is 5.82 Å². The van der Waals surface area contributed by atoms with Gasteiger partial charge in [-0.25, -0.2) is 8.78 Å². The van der Waals surface area contributed by atoms with Crippen molar-refractivity contribution in [3.63, 3.8) is 0 Å². The Morgan fingerprint density at radius 1 is 1.04 bits per heavy atom. The van der Waals surface area contributed by atoms with Gasteiger partial charge in [0.25, 0.3) is 0 Å². The highest BCUT2D eigenvalue weighted by molar-refractivity contribution is 5.94. The number of rotatable bonds is 3. The van der Waals surface area contributed by atoms with Gasteiger partial charge >= 0.3 is 0 Å². The summed E-state index contributed by atoms with van der Waals surface area (Å²) < 4.78 is 33.1. The van der Waals surface area contributed by atoms with Crippen molar-refractivity contribution < 1.29 is 13.5 Å². The summed E-state index contributed by atoms with van der Waals surface area (Å²) in [4.78, 5) is 6.45. The normalized spacial score (nSPS) is 16.7. The Bertz CT molecular complexity index is 921. The molecule has 4 rings (SSSR count). The van der Waals surface area contributed by atoms with Gasteiger partial charge in [0.05, 0.1) is 13.2 Å². The summed E-state index contributed by atoms with van der Waals surface area (Å²) in [7, 11) is 0. The van der Waals surface area contributed by atoms with Gasteiger partial charge in [-0.15, -0.1) is 0 Å². The molecule has 0 aliphatic carbocycles. The third-order valence-corrected chi connectivity index (χ3v) is 5.06. The molecule has 0 spiro atoms. The van der Waals surface area contributed by atoms with Gasteiger partial charge in [-0.2, -0.15) is 0 Å². The van der Waals surface area contributed by atoms with Crippen molar-refractivity contribution in [2.45, 2.75) is 13.0 Å². The van der Waals surface area contributed by atoms with E-state index in [4.69, 9.17) is 4.74 Å². The Morgan fingerprint density at radius 3 is 2.50 bits per heavy atom. The fraction of sp³-hybridized carbons (Fsp3) is 0.286. The Morgan fingerprint density at radius 2 is 1.77 bits per heavy atom. The Labute approximate surface area is 151 Å². The lowest BCUT2D eigenvalue weighted by Crippen LogP contribution is -2.37. The van der Waals surface area contributed by atoms with Crippen LogP contribution < -0.4 is 0 Å². The van der Waals surface area contributed by atoms with Gasteiger partial charge in [0.1, 0.15) is 11.3 Å². The van der Waals surface area contributed by atoms with Crippen LogP contribution >= 0.6 is 0 Å². The number of benzene rings is 2. The van der Waals surface area contributed by atoms with Crippen LogP contribution in [0.3, 0.4) is 0 Å². The zero-order valence-electron chi connectivity index (χ0n) is 14.6. The molecule has 2 heterocycles. The molecule has 26 heavy (non-hydrogen) atoms. The molecule has 1 unspecified atom stereocenters. The first-order valence-corrected chi connectivity index (χ1v) is 8.79. The van der Waals surface area contributed by atoms with Crippen molar-refractivity contribution in [2.24, 2.45) is 0 Å². The molecule has 1 aromatic heterocycles. The molecule has 0 bridgehead atoms. The molecule has 1 atom stereocenters. The summed E-state index contributed by atoms with van der Waals surface area (Å²) in [5.74, 6) is -1.23. The third-order valence-electron chi connectivity index (χ3n) is 5.06. The minimum absolute atomic E-state index is 0.190. The molecule has 5 heteroatoms. The standard InChI is InChI=1S/C21H20F2N2O/c1-14(25-8-10-26-11-9-25)15-2-4-16(5-3-15)18-6-7-24-21-19(18)12-17(22)13-20(21)23/h2-7,12-14H,8-11H2,1H3. The fourth-order valence-electron chi connectivity index (χ4n) is 3.55. The summed E-state index contributed by atoms with van der Waals surface area (Å²) in [5.41, 5.74) is 3.10. The number of halogens is 2. The topological polar surface area (TPSA) is 25.4 Å². The summed E-state index contributed by atoms with van der Waals surface area (Å²) in [5, 5.41) is 0.485. The Kier molecular flexibility index (Phi) is 4.66. The first-order valence-electron chi connectivity index (χ1n) is 8.79. The van der Waals surface area contributed by atoms with Crippen LogP contribution in [0.5, 0.6) is 0 Å². The number of morpholine rings is 1. The highest BCUT2D eigenvalue weighted by atomic mass is 19.1. The van der Waals surface area contributed by atoms with Gasteiger partial charge in [0.2, 0.25) is 0 Å². The maximum atomic E-state index is 14.0. The van der Waals surface area contributed by atoms with E-state index in [-0.39, 0.29) is 5.52 Å². The maximum absolute atomic E-state index is 14.0. The van der Waals surface area contributed by atoms with Crippen LogP contribution in [0.4, 0.5) is 8.78 Å².